The average Bonchev–Trinajstić information content (AvgIpc) is 1.72. The molecule has 0 saturated heterocycles. The van der Waals surface area contributed by atoms with E-state index in [9.17, 15) is 0 Å². The van der Waals surface area contributed by atoms with Crippen molar-refractivity contribution in [3.63, 3.8) is 0 Å². The number of hydrogen-bond acceptors (Lipinski definition) is 0. The van der Waals surface area contributed by atoms with Gasteiger partial charge in [0.25, 0.3) is 0 Å². The molecule has 7 heavy (non-hydrogen) atoms. The molecular formula is C6H12Mo. The Morgan fingerprint density at radius 2 is 0.571 bits per heavy atom. The van der Waals surface area contributed by atoms with E-state index in [0.29, 0.717) is 0 Å². The summed E-state index contributed by atoms with van der Waals surface area (Å²) in [6.45, 7) is 0. The molecule has 0 spiro atoms. The van der Waals surface area contributed by atoms with E-state index in [-0.39, 0.29) is 21.1 Å². The van der Waals surface area contributed by atoms with E-state index in [4.69, 9.17) is 0 Å². The Labute approximate surface area is 59.9 Å². The average molecular weight is 180 g/mol. The SMILES string of the molecule is C1CCCCC1.[Mo]. The Hall–Kier alpha value is 0.688. The van der Waals surface area contributed by atoms with Crippen LogP contribution in [0.1, 0.15) is 38.5 Å². The van der Waals surface area contributed by atoms with Crippen LogP contribution in [0.5, 0.6) is 0 Å². The molecule has 1 aliphatic rings. The van der Waals surface area contributed by atoms with Crippen LogP contribution in [0.15, 0.2) is 0 Å². The molecule has 0 unspecified atom stereocenters. The van der Waals surface area contributed by atoms with Gasteiger partial charge in [0.05, 0.1) is 0 Å². The van der Waals surface area contributed by atoms with Crippen molar-refractivity contribution in [3.05, 3.63) is 0 Å². The summed E-state index contributed by atoms with van der Waals surface area (Å²) in [6.07, 6.45) is 9.00. The normalized spacial score (nSPS) is 20.6. The van der Waals surface area contributed by atoms with Gasteiger partial charge in [-0.3, -0.25) is 0 Å². The Bertz CT molecular complexity index is 19.7. The zero-order valence-electron chi connectivity index (χ0n) is 4.65. The van der Waals surface area contributed by atoms with Gasteiger partial charge in [0.15, 0.2) is 0 Å². The van der Waals surface area contributed by atoms with Gasteiger partial charge in [-0.25, -0.2) is 0 Å². The summed E-state index contributed by atoms with van der Waals surface area (Å²) >= 11 is 0. The summed E-state index contributed by atoms with van der Waals surface area (Å²) in [5.41, 5.74) is 0. The van der Waals surface area contributed by atoms with Crippen molar-refractivity contribution in [1.82, 2.24) is 0 Å². The van der Waals surface area contributed by atoms with E-state index >= 15 is 0 Å². The number of rotatable bonds is 0. The number of hydrogen-bond donors (Lipinski definition) is 0. The minimum absolute atomic E-state index is 0. The molecule has 0 radical (unpaired) electrons. The summed E-state index contributed by atoms with van der Waals surface area (Å²) in [5.74, 6) is 0. The Kier molecular flexibility index (Phi) is 5.31. The smallest absolute Gasteiger partial charge is 0 e. The first-order valence-electron chi connectivity index (χ1n) is 3.00. The molecule has 0 aromatic heterocycles. The fourth-order valence-corrected chi connectivity index (χ4v) is 1.06. The van der Waals surface area contributed by atoms with Crippen LogP contribution in [0.2, 0.25) is 0 Å². The molecule has 1 heteroatoms. The zero-order chi connectivity index (χ0) is 4.24. The third-order valence-electron chi connectivity index (χ3n) is 1.50. The van der Waals surface area contributed by atoms with E-state index in [0.717, 1.165) is 0 Å². The van der Waals surface area contributed by atoms with Crippen molar-refractivity contribution < 1.29 is 21.1 Å². The third kappa shape index (κ3) is 3.29. The molecule has 0 nitrogen and oxygen atoms in total. The monoisotopic (exact) mass is 182 g/mol. The first-order valence-corrected chi connectivity index (χ1v) is 3.00. The molecule has 1 rings (SSSR count). The van der Waals surface area contributed by atoms with Gasteiger partial charge in [-0.15, -0.1) is 0 Å². The van der Waals surface area contributed by atoms with Gasteiger partial charge in [0.1, 0.15) is 0 Å². The molecule has 0 amide bonds. The van der Waals surface area contributed by atoms with Crippen molar-refractivity contribution in [2.24, 2.45) is 0 Å². The topological polar surface area (TPSA) is 0 Å². The Morgan fingerprint density at radius 1 is 0.429 bits per heavy atom. The van der Waals surface area contributed by atoms with Gasteiger partial charge in [-0.05, 0) is 0 Å². The van der Waals surface area contributed by atoms with Crippen molar-refractivity contribution in [2.75, 3.05) is 0 Å². The van der Waals surface area contributed by atoms with E-state index in [1.54, 1.807) is 0 Å². The fourth-order valence-electron chi connectivity index (χ4n) is 1.06. The van der Waals surface area contributed by atoms with Crippen LogP contribution < -0.4 is 0 Å². The first kappa shape index (κ1) is 7.69. The molecule has 0 heterocycles. The van der Waals surface area contributed by atoms with Crippen LogP contribution in [-0.4, -0.2) is 0 Å². The molecule has 0 bridgehead atoms. The van der Waals surface area contributed by atoms with Crippen LogP contribution in [0.3, 0.4) is 0 Å². The molecule has 1 saturated carbocycles. The fraction of sp³-hybridized carbons (Fsp3) is 1.00. The standard InChI is InChI=1S/C6H12.Mo/c1-2-4-6-5-3-1;/h1-6H2;. The minimum atomic E-state index is 0. The van der Waals surface area contributed by atoms with Gasteiger partial charge < -0.3 is 0 Å². The summed E-state index contributed by atoms with van der Waals surface area (Å²) in [4.78, 5) is 0. The van der Waals surface area contributed by atoms with Crippen LogP contribution in [0.4, 0.5) is 0 Å². The minimum Gasteiger partial charge on any atom is -0.0533 e. The summed E-state index contributed by atoms with van der Waals surface area (Å²) in [6, 6.07) is 0. The van der Waals surface area contributed by atoms with Crippen molar-refractivity contribution in [3.8, 4) is 0 Å². The van der Waals surface area contributed by atoms with Crippen LogP contribution >= 0.6 is 0 Å². The second kappa shape index (κ2) is 4.84. The van der Waals surface area contributed by atoms with Crippen molar-refractivity contribution in [2.45, 2.75) is 38.5 Å². The quantitative estimate of drug-likeness (QED) is 0.502. The molecule has 1 aliphatic carbocycles. The third-order valence-corrected chi connectivity index (χ3v) is 1.50. The van der Waals surface area contributed by atoms with Crippen molar-refractivity contribution >= 4 is 0 Å². The molecular weight excluding hydrogens is 168 g/mol. The largest absolute Gasteiger partial charge is 0.0533 e. The van der Waals surface area contributed by atoms with Crippen LogP contribution in [-0.2, 0) is 21.1 Å². The molecule has 1 fully saturated rings. The first-order chi connectivity index (χ1) is 3.00. The second-order valence-corrected chi connectivity index (χ2v) is 2.12. The zero-order valence-corrected chi connectivity index (χ0v) is 6.66. The van der Waals surface area contributed by atoms with Gasteiger partial charge in [0, 0.05) is 21.1 Å². The molecule has 0 atom stereocenters. The maximum atomic E-state index is 1.50. The van der Waals surface area contributed by atoms with Gasteiger partial charge in [0.2, 0.25) is 0 Å². The van der Waals surface area contributed by atoms with E-state index in [2.05, 4.69) is 0 Å². The molecule has 0 aromatic rings. The van der Waals surface area contributed by atoms with Crippen LogP contribution in [0, 0.1) is 0 Å². The molecule has 42 valence electrons. The van der Waals surface area contributed by atoms with Crippen LogP contribution in [0.25, 0.3) is 0 Å². The summed E-state index contributed by atoms with van der Waals surface area (Å²) in [7, 11) is 0. The second-order valence-electron chi connectivity index (χ2n) is 2.12. The Balaban J connectivity index is 0.000000360. The van der Waals surface area contributed by atoms with E-state index in [1.165, 1.54) is 38.5 Å². The maximum Gasteiger partial charge on any atom is 0 e. The van der Waals surface area contributed by atoms with Gasteiger partial charge in [-0.2, -0.15) is 0 Å². The predicted molar refractivity (Wildman–Crippen MR) is 27.7 cm³/mol. The van der Waals surface area contributed by atoms with E-state index < -0.39 is 0 Å². The molecule has 0 aromatic carbocycles. The summed E-state index contributed by atoms with van der Waals surface area (Å²) in [5, 5.41) is 0. The van der Waals surface area contributed by atoms with Gasteiger partial charge >= 0.3 is 0 Å². The molecule has 0 aliphatic heterocycles. The Morgan fingerprint density at radius 3 is 0.714 bits per heavy atom. The molecule has 0 N–H and O–H groups in total. The van der Waals surface area contributed by atoms with Gasteiger partial charge in [-0.1, -0.05) is 38.5 Å². The van der Waals surface area contributed by atoms with E-state index in [1.807, 2.05) is 0 Å². The summed E-state index contributed by atoms with van der Waals surface area (Å²) < 4.78 is 0. The van der Waals surface area contributed by atoms with Crippen molar-refractivity contribution in [1.29, 1.82) is 0 Å². The predicted octanol–water partition coefficient (Wildman–Crippen LogP) is 2.34. The maximum absolute atomic E-state index is 1.50.